The number of benzene rings is 9. The number of hydrogen-bond donors (Lipinski definition) is 0. The Labute approximate surface area is 310 Å². The van der Waals surface area contributed by atoms with Crippen LogP contribution in [0.25, 0.3) is 85.9 Å². The summed E-state index contributed by atoms with van der Waals surface area (Å²) in [6.07, 6.45) is 0. The molecule has 0 N–H and O–H groups in total. The predicted octanol–water partition coefficient (Wildman–Crippen LogP) is 15.1. The highest BCUT2D eigenvalue weighted by Crippen LogP contribution is 2.45. The van der Waals surface area contributed by atoms with Crippen molar-refractivity contribution in [3.8, 4) is 22.3 Å². The molecule has 9 aromatic carbocycles. The SMILES string of the molecule is c1cc(-c2ccc3sc4ccccc4c3c2)cc(N(c2ccc(-c3cc4ccccc4c4ccccc34)cc2)c2cccc3oc4ccccc4c23)c1. The standard InChI is InChI=1S/C50H31NOS/c1-2-14-38-35(11-1)31-43(40-16-4-3-15-39(38)40)32-23-26-36(27-24-32)51(45-19-10-21-47-50(45)42-18-5-7-20-46(42)52-47)37-13-9-12-33(29-37)34-25-28-49-44(30-34)41-17-6-8-22-48(41)53-49/h1-31H. The first-order valence-electron chi connectivity index (χ1n) is 18.0. The number of hydrogen-bond acceptors (Lipinski definition) is 3. The summed E-state index contributed by atoms with van der Waals surface area (Å²) in [6, 6.07) is 68.1. The van der Waals surface area contributed by atoms with Crippen LogP contribution in [-0.4, -0.2) is 0 Å². The van der Waals surface area contributed by atoms with E-state index < -0.39 is 0 Å². The molecule has 2 heterocycles. The fourth-order valence-corrected chi connectivity index (χ4v) is 9.27. The molecule has 0 aliphatic rings. The summed E-state index contributed by atoms with van der Waals surface area (Å²) < 4.78 is 9.03. The molecule has 2 aromatic heterocycles. The average Bonchev–Trinajstić information content (AvgIpc) is 3.80. The monoisotopic (exact) mass is 693 g/mol. The number of fused-ring (bicyclic) bond motifs is 9. The molecule has 0 bridgehead atoms. The molecule has 0 aliphatic heterocycles. The fraction of sp³-hybridized carbons (Fsp3) is 0. The molecule has 0 unspecified atom stereocenters. The van der Waals surface area contributed by atoms with Gasteiger partial charge in [0.25, 0.3) is 0 Å². The molecule has 2 nitrogen and oxygen atoms in total. The van der Waals surface area contributed by atoms with Crippen molar-refractivity contribution >= 4 is 92.1 Å². The van der Waals surface area contributed by atoms with Crippen molar-refractivity contribution in [1.29, 1.82) is 0 Å². The highest BCUT2D eigenvalue weighted by atomic mass is 32.1. The van der Waals surface area contributed by atoms with Gasteiger partial charge in [0, 0.05) is 36.9 Å². The first-order valence-corrected chi connectivity index (χ1v) is 18.8. The molecule has 0 atom stereocenters. The summed E-state index contributed by atoms with van der Waals surface area (Å²) in [5, 5.41) is 9.88. The molecule has 0 spiro atoms. The quantitative estimate of drug-likeness (QED) is 0.167. The van der Waals surface area contributed by atoms with Crippen LogP contribution in [0.1, 0.15) is 0 Å². The van der Waals surface area contributed by atoms with Crippen LogP contribution in [0.3, 0.4) is 0 Å². The Morgan fingerprint density at radius 1 is 0.377 bits per heavy atom. The maximum Gasteiger partial charge on any atom is 0.137 e. The molecule has 11 rings (SSSR count). The Hall–Kier alpha value is -6.68. The Morgan fingerprint density at radius 2 is 1.04 bits per heavy atom. The molecular formula is C50H31NOS. The zero-order valence-corrected chi connectivity index (χ0v) is 29.5. The molecular weight excluding hydrogens is 663 g/mol. The third kappa shape index (κ3) is 4.86. The van der Waals surface area contributed by atoms with Crippen LogP contribution < -0.4 is 4.90 Å². The number of rotatable bonds is 5. The minimum atomic E-state index is 0.874. The van der Waals surface area contributed by atoms with Gasteiger partial charge in [-0.1, -0.05) is 121 Å². The smallest absolute Gasteiger partial charge is 0.137 e. The van der Waals surface area contributed by atoms with Crippen molar-refractivity contribution in [1.82, 2.24) is 0 Å². The third-order valence-corrected chi connectivity index (χ3v) is 11.8. The second kappa shape index (κ2) is 11.9. The van der Waals surface area contributed by atoms with Crippen molar-refractivity contribution in [2.24, 2.45) is 0 Å². The minimum Gasteiger partial charge on any atom is -0.456 e. The summed E-state index contributed by atoms with van der Waals surface area (Å²) in [6.45, 7) is 0. The first-order chi connectivity index (χ1) is 26.3. The van der Waals surface area contributed by atoms with Crippen molar-refractivity contribution in [3.63, 3.8) is 0 Å². The molecule has 248 valence electrons. The summed E-state index contributed by atoms with van der Waals surface area (Å²) in [5.41, 5.74) is 9.80. The molecule has 0 saturated carbocycles. The number of nitrogens with zero attached hydrogens (tertiary/aromatic N) is 1. The highest BCUT2D eigenvalue weighted by molar-refractivity contribution is 7.25. The Balaban J connectivity index is 1.09. The first kappa shape index (κ1) is 30.0. The van der Waals surface area contributed by atoms with E-state index in [-0.39, 0.29) is 0 Å². The minimum absolute atomic E-state index is 0.874. The van der Waals surface area contributed by atoms with Gasteiger partial charge < -0.3 is 9.32 Å². The Bertz CT molecular complexity index is 3190. The average molecular weight is 694 g/mol. The van der Waals surface area contributed by atoms with Crippen molar-refractivity contribution < 1.29 is 4.42 Å². The lowest BCUT2D eigenvalue weighted by Crippen LogP contribution is -2.10. The molecule has 3 heteroatoms. The van der Waals surface area contributed by atoms with E-state index in [1.54, 1.807) is 0 Å². The van der Waals surface area contributed by atoms with Gasteiger partial charge in [0.2, 0.25) is 0 Å². The zero-order valence-electron chi connectivity index (χ0n) is 28.7. The molecule has 11 aromatic rings. The van der Waals surface area contributed by atoms with Crippen LogP contribution in [0, 0.1) is 0 Å². The topological polar surface area (TPSA) is 16.4 Å². The van der Waals surface area contributed by atoms with Crippen LogP contribution >= 0.6 is 11.3 Å². The predicted molar refractivity (Wildman–Crippen MR) is 227 cm³/mol. The van der Waals surface area contributed by atoms with E-state index in [9.17, 15) is 0 Å². The van der Waals surface area contributed by atoms with Gasteiger partial charge >= 0.3 is 0 Å². The van der Waals surface area contributed by atoms with E-state index in [1.807, 2.05) is 17.4 Å². The van der Waals surface area contributed by atoms with E-state index in [0.29, 0.717) is 0 Å². The van der Waals surface area contributed by atoms with Crippen molar-refractivity contribution in [3.05, 3.63) is 188 Å². The van der Waals surface area contributed by atoms with Gasteiger partial charge in [-0.05, 0) is 111 Å². The van der Waals surface area contributed by atoms with E-state index >= 15 is 0 Å². The van der Waals surface area contributed by atoms with Crippen LogP contribution in [0.2, 0.25) is 0 Å². The second-order valence-electron chi connectivity index (χ2n) is 13.7. The van der Waals surface area contributed by atoms with Crippen LogP contribution in [0.15, 0.2) is 192 Å². The van der Waals surface area contributed by atoms with E-state index in [4.69, 9.17) is 4.42 Å². The maximum atomic E-state index is 6.40. The molecule has 0 radical (unpaired) electrons. The van der Waals surface area contributed by atoms with Crippen LogP contribution in [-0.2, 0) is 0 Å². The normalized spacial score (nSPS) is 11.8. The van der Waals surface area contributed by atoms with Gasteiger partial charge in [-0.3, -0.25) is 0 Å². The van der Waals surface area contributed by atoms with Crippen LogP contribution in [0.5, 0.6) is 0 Å². The number of para-hydroxylation sites is 1. The van der Waals surface area contributed by atoms with Gasteiger partial charge in [0.15, 0.2) is 0 Å². The maximum absolute atomic E-state index is 6.40. The summed E-state index contributed by atoms with van der Waals surface area (Å²) in [4.78, 5) is 2.38. The fourth-order valence-electron chi connectivity index (χ4n) is 8.18. The molecule has 0 aliphatic carbocycles. The summed E-state index contributed by atoms with van der Waals surface area (Å²) in [5.74, 6) is 0. The Kier molecular flexibility index (Phi) is 6.76. The Morgan fingerprint density at radius 3 is 1.92 bits per heavy atom. The van der Waals surface area contributed by atoms with Gasteiger partial charge in [0.05, 0.1) is 11.1 Å². The third-order valence-electron chi connectivity index (χ3n) is 10.6. The number of thiophene rings is 1. The number of anilines is 3. The second-order valence-corrected chi connectivity index (χ2v) is 14.8. The largest absolute Gasteiger partial charge is 0.456 e. The summed E-state index contributed by atoms with van der Waals surface area (Å²) in [7, 11) is 0. The number of furan rings is 1. The van der Waals surface area contributed by atoms with E-state index in [0.717, 1.165) is 39.0 Å². The zero-order chi connectivity index (χ0) is 34.9. The molecule has 0 saturated heterocycles. The van der Waals surface area contributed by atoms with Gasteiger partial charge in [-0.15, -0.1) is 11.3 Å². The molecule has 0 fully saturated rings. The van der Waals surface area contributed by atoms with Gasteiger partial charge in [-0.2, -0.15) is 0 Å². The lowest BCUT2D eigenvalue weighted by molar-refractivity contribution is 0.669. The highest BCUT2D eigenvalue weighted by Gasteiger charge is 2.20. The van der Waals surface area contributed by atoms with Crippen LogP contribution in [0.4, 0.5) is 17.1 Å². The van der Waals surface area contributed by atoms with Crippen molar-refractivity contribution in [2.75, 3.05) is 4.90 Å². The van der Waals surface area contributed by atoms with E-state index in [1.165, 1.54) is 64.0 Å². The van der Waals surface area contributed by atoms with E-state index in [2.05, 4.69) is 187 Å². The lowest BCUT2D eigenvalue weighted by atomic mass is 9.93. The molecule has 0 amide bonds. The molecule has 53 heavy (non-hydrogen) atoms. The lowest BCUT2D eigenvalue weighted by Gasteiger charge is -2.27. The van der Waals surface area contributed by atoms with Crippen molar-refractivity contribution in [2.45, 2.75) is 0 Å². The van der Waals surface area contributed by atoms with Gasteiger partial charge in [-0.25, -0.2) is 0 Å². The summed E-state index contributed by atoms with van der Waals surface area (Å²) >= 11 is 1.85. The van der Waals surface area contributed by atoms with Gasteiger partial charge in [0.1, 0.15) is 11.2 Å².